The zero-order valence-electron chi connectivity index (χ0n) is 13.9. The third-order valence-corrected chi connectivity index (χ3v) is 4.38. The van der Waals surface area contributed by atoms with Crippen LogP contribution in [0.25, 0.3) is 0 Å². The van der Waals surface area contributed by atoms with E-state index in [1.165, 1.54) is 12.3 Å². The molecular weight excluding hydrogens is 295 g/mol. The van der Waals surface area contributed by atoms with Gasteiger partial charge in [-0.05, 0) is 43.9 Å². The highest BCUT2D eigenvalue weighted by molar-refractivity contribution is 5.84. The molecule has 0 bridgehead atoms. The normalized spacial score (nSPS) is 19.3. The van der Waals surface area contributed by atoms with Gasteiger partial charge in [0.25, 0.3) is 5.91 Å². The van der Waals surface area contributed by atoms with E-state index < -0.39 is 11.7 Å². The van der Waals surface area contributed by atoms with Crippen molar-refractivity contribution in [3.63, 3.8) is 0 Å². The molecule has 0 spiro atoms. The van der Waals surface area contributed by atoms with Crippen molar-refractivity contribution < 1.29 is 9.18 Å². The second-order valence-electron chi connectivity index (χ2n) is 6.54. The molecule has 122 valence electrons. The molecule has 1 atom stereocenters. The van der Waals surface area contributed by atoms with Crippen molar-refractivity contribution in [3.05, 3.63) is 29.1 Å². The van der Waals surface area contributed by atoms with E-state index in [0.29, 0.717) is 11.5 Å². The smallest absolute Gasteiger partial charge is 0.254 e. The van der Waals surface area contributed by atoms with Gasteiger partial charge in [0.2, 0.25) is 0 Å². The van der Waals surface area contributed by atoms with Crippen LogP contribution in [0.3, 0.4) is 0 Å². The fourth-order valence-corrected chi connectivity index (χ4v) is 2.99. The zero-order chi connectivity index (χ0) is 17.2. The van der Waals surface area contributed by atoms with Crippen LogP contribution in [0.15, 0.2) is 17.2 Å². The lowest BCUT2D eigenvalue weighted by Crippen LogP contribution is -2.45. The summed E-state index contributed by atoms with van der Waals surface area (Å²) in [7, 11) is 1.97. The first-order chi connectivity index (χ1) is 10.8. The monoisotopic (exact) mass is 316 g/mol. The molecule has 1 amide bonds. The molecule has 1 aliphatic heterocycles. The fourth-order valence-electron chi connectivity index (χ4n) is 2.99. The van der Waals surface area contributed by atoms with Crippen LogP contribution in [-0.4, -0.2) is 24.7 Å². The summed E-state index contributed by atoms with van der Waals surface area (Å²) in [6.07, 6.45) is 1.97. The number of carbonyl (C=O) groups excluding carboxylic acids is 1. The van der Waals surface area contributed by atoms with Crippen molar-refractivity contribution in [1.29, 1.82) is 5.26 Å². The summed E-state index contributed by atoms with van der Waals surface area (Å²) in [5.41, 5.74) is 4.45. The van der Waals surface area contributed by atoms with Crippen LogP contribution in [0.2, 0.25) is 0 Å². The second kappa shape index (κ2) is 6.37. The number of carbonyl (C=O) groups is 1. The number of anilines is 1. The minimum absolute atomic E-state index is 0.0280. The van der Waals surface area contributed by atoms with Crippen molar-refractivity contribution >= 4 is 17.8 Å². The molecule has 6 heteroatoms. The van der Waals surface area contributed by atoms with Crippen LogP contribution in [0.5, 0.6) is 0 Å². The summed E-state index contributed by atoms with van der Waals surface area (Å²) in [6, 6.07) is 5.02. The quantitative estimate of drug-likeness (QED) is 0.688. The van der Waals surface area contributed by atoms with Gasteiger partial charge in [-0.25, -0.2) is 9.82 Å². The standard InChI is InChI=1S/C17H21FN4O/c1-11-9-17(2,3)22(4)15-8-14(18)12(7-13(11)15)10-20-21-16(23)5-6-19/h7-8,10-11H,5,9H2,1-4H3,(H,21,23)/b20-10-. The molecule has 1 aromatic rings. The predicted octanol–water partition coefficient (Wildman–Crippen LogP) is 2.91. The number of nitrogens with one attached hydrogen (secondary N) is 1. The maximum atomic E-state index is 14.3. The maximum Gasteiger partial charge on any atom is 0.254 e. The van der Waals surface area contributed by atoms with E-state index in [2.05, 4.69) is 36.2 Å². The van der Waals surface area contributed by atoms with Gasteiger partial charge in [0.15, 0.2) is 0 Å². The number of nitriles is 1. The third-order valence-electron chi connectivity index (χ3n) is 4.38. The van der Waals surface area contributed by atoms with Crippen LogP contribution >= 0.6 is 0 Å². The average Bonchev–Trinajstić information content (AvgIpc) is 2.46. The van der Waals surface area contributed by atoms with Gasteiger partial charge >= 0.3 is 0 Å². The minimum Gasteiger partial charge on any atom is -0.369 e. The Morgan fingerprint density at radius 3 is 2.96 bits per heavy atom. The number of nitrogens with zero attached hydrogens (tertiary/aromatic N) is 3. The van der Waals surface area contributed by atoms with Crippen LogP contribution in [-0.2, 0) is 4.79 Å². The molecule has 5 nitrogen and oxygen atoms in total. The Bertz CT molecular complexity index is 691. The Balaban J connectivity index is 2.29. The first kappa shape index (κ1) is 16.9. The van der Waals surface area contributed by atoms with E-state index in [0.717, 1.165) is 17.7 Å². The van der Waals surface area contributed by atoms with Gasteiger partial charge in [-0.2, -0.15) is 10.4 Å². The van der Waals surface area contributed by atoms with Crippen molar-refractivity contribution in [2.45, 2.75) is 45.1 Å². The highest BCUT2D eigenvalue weighted by Crippen LogP contribution is 2.43. The molecule has 0 radical (unpaired) electrons. The summed E-state index contributed by atoms with van der Waals surface area (Å²) in [4.78, 5) is 13.3. The molecule has 2 rings (SSSR count). The maximum absolute atomic E-state index is 14.3. The number of amides is 1. The molecule has 1 aromatic carbocycles. The van der Waals surface area contributed by atoms with Gasteiger partial charge in [-0.3, -0.25) is 4.79 Å². The predicted molar refractivity (Wildman–Crippen MR) is 87.9 cm³/mol. The van der Waals surface area contributed by atoms with Gasteiger partial charge in [-0.1, -0.05) is 6.92 Å². The number of halogens is 1. The van der Waals surface area contributed by atoms with Crippen LogP contribution in [0.1, 0.15) is 50.7 Å². The van der Waals surface area contributed by atoms with Crippen LogP contribution in [0.4, 0.5) is 10.1 Å². The van der Waals surface area contributed by atoms with Crippen molar-refractivity contribution in [1.82, 2.24) is 5.43 Å². The van der Waals surface area contributed by atoms with Gasteiger partial charge in [0, 0.05) is 23.8 Å². The number of hydrazone groups is 1. The molecule has 0 aliphatic carbocycles. The Hall–Kier alpha value is -2.42. The molecule has 23 heavy (non-hydrogen) atoms. The highest BCUT2D eigenvalue weighted by atomic mass is 19.1. The molecule has 1 unspecified atom stereocenters. The minimum atomic E-state index is -0.517. The summed E-state index contributed by atoms with van der Waals surface area (Å²) in [6.45, 7) is 6.41. The first-order valence-corrected chi connectivity index (χ1v) is 7.52. The average molecular weight is 316 g/mol. The molecule has 0 fully saturated rings. The number of benzene rings is 1. The third kappa shape index (κ3) is 3.50. The number of fused-ring (bicyclic) bond motifs is 1. The van der Waals surface area contributed by atoms with Crippen molar-refractivity contribution in [2.24, 2.45) is 5.10 Å². The lowest BCUT2D eigenvalue weighted by atomic mass is 9.80. The van der Waals surface area contributed by atoms with E-state index >= 15 is 0 Å². The SMILES string of the molecule is CC1CC(C)(C)N(C)c2cc(F)c(/C=N\NC(=O)CC#N)cc21. The van der Waals surface area contributed by atoms with E-state index in [-0.39, 0.29) is 12.0 Å². The molecule has 0 saturated carbocycles. The number of hydrogen-bond acceptors (Lipinski definition) is 4. The van der Waals surface area contributed by atoms with E-state index in [4.69, 9.17) is 5.26 Å². The molecule has 0 aromatic heterocycles. The Morgan fingerprint density at radius 1 is 1.61 bits per heavy atom. The highest BCUT2D eigenvalue weighted by Gasteiger charge is 2.34. The summed E-state index contributed by atoms with van der Waals surface area (Å²) >= 11 is 0. The van der Waals surface area contributed by atoms with Gasteiger partial charge in [0.05, 0.1) is 12.3 Å². The van der Waals surface area contributed by atoms with Crippen LogP contribution in [0, 0.1) is 17.1 Å². The summed E-state index contributed by atoms with van der Waals surface area (Å²) in [5.74, 6) is -0.604. The van der Waals surface area contributed by atoms with E-state index in [9.17, 15) is 9.18 Å². The molecule has 0 saturated heterocycles. The zero-order valence-corrected chi connectivity index (χ0v) is 13.9. The first-order valence-electron chi connectivity index (χ1n) is 7.52. The largest absolute Gasteiger partial charge is 0.369 e. The van der Waals surface area contributed by atoms with Crippen LogP contribution < -0.4 is 10.3 Å². The summed E-state index contributed by atoms with van der Waals surface area (Å²) < 4.78 is 14.3. The van der Waals surface area contributed by atoms with Gasteiger partial charge in [-0.15, -0.1) is 0 Å². The Labute approximate surface area is 135 Å². The lowest BCUT2D eigenvalue weighted by molar-refractivity contribution is -0.120. The second-order valence-corrected chi connectivity index (χ2v) is 6.54. The van der Waals surface area contributed by atoms with E-state index in [1.807, 2.05) is 7.05 Å². The summed E-state index contributed by atoms with van der Waals surface area (Å²) in [5, 5.41) is 12.1. The fraction of sp³-hybridized carbons (Fsp3) is 0.471. The van der Waals surface area contributed by atoms with Gasteiger partial charge in [0.1, 0.15) is 12.2 Å². The number of rotatable bonds is 3. The van der Waals surface area contributed by atoms with Crippen molar-refractivity contribution in [3.8, 4) is 6.07 Å². The topological polar surface area (TPSA) is 68.5 Å². The molecule has 1 aliphatic rings. The van der Waals surface area contributed by atoms with E-state index in [1.54, 1.807) is 12.1 Å². The molecule has 1 N–H and O–H groups in total. The van der Waals surface area contributed by atoms with Gasteiger partial charge < -0.3 is 4.90 Å². The number of hydrogen-bond donors (Lipinski definition) is 1. The molecule has 1 heterocycles. The Kier molecular flexibility index (Phi) is 4.69. The Morgan fingerprint density at radius 2 is 2.30 bits per heavy atom. The lowest BCUT2D eigenvalue weighted by Gasteiger charge is -2.45. The van der Waals surface area contributed by atoms with Crippen molar-refractivity contribution in [2.75, 3.05) is 11.9 Å². The molecular formula is C17H21FN4O.